The highest BCUT2D eigenvalue weighted by molar-refractivity contribution is 5.59. The molecular formula is C17H29N3. The summed E-state index contributed by atoms with van der Waals surface area (Å²) in [7, 11) is 2.02. The first-order valence-electron chi connectivity index (χ1n) is 7.97. The van der Waals surface area contributed by atoms with E-state index in [9.17, 15) is 0 Å². The molecule has 20 heavy (non-hydrogen) atoms. The second-order valence-electron chi connectivity index (χ2n) is 5.66. The van der Waals surface area contributed by atoms with Crippen LogP contribution in [0.2, 0.25) is 0 Å². The van der Waals surface area contributed by atoms with Crippen molar-refractivity contribution in [1.82, 2.24) is 10.2 Å². The van der Waals surface area contributed by atoms with E-state index in [0.29, 0.717) is 6.04 Å². The van der Waals surface area contributed by atoms with Gasteiger partial charge in [0.05, 0.1) is 0 Å². The summed E-state index contributed by atoms with van der Waals surface area (Å²) in [5.41, 5.74) is 4.37. The van der Waals surface area contributed by atoms with E-state index in [4.69, 9.17) is 0 Å². The van der Waals surface area contributed by atoms with Crippen molar-refractivity contribution >= 4 is 5.69 Å². The van der Waals surface area contributed by atoms with Gasteiger partial charge in [-0.3, -0.25) is 0 Å². The first kappa shape index (κ1) is 15.3. The molecule has 0 radical (unpaired) electrons. The number of fused-ring (bicyclic) bond motifs is 1. The van der Waals surface area contributed by atoms with Gasteiger partial charge in [0, 0.05) is 31.4 Å². The van der Waals surface area contributed by atoms with Crippen LogP contribution in [0.15, 0.2) is 18.2 Å². The Labute approximate surface area is 124 Å². The first-order valence-corrected chi connectivity index (χ1v) is 7.97. The average molecular weight is 275 g/mol. The van der Waals surface area contributed by atoms with E-state index in [1.54, 1.807) is 0 Å². The van der Waals surface area contributed by atoms with Gasteiger partial charge in [-0.25, -0.2) is 0 Å². The fourth-order valence-electron chi connectivity index (χ4n) is 2.96. The molecule has 1 heterocycles. The van der Waals surface area contributed by atoms with E-state index in [1.165, 1.54) is 36.3 Å². The molecular weight excluding hydrogens is 246 g/mol. The van der Waals surface area contributed by atoms with Crippen LogP contribution >= 0.6 is 0 Å². The molecule has 1 atom stereocenters. The SMILES string of the molecule is CCN(CC)CCN1CCc2cc(C(C)NC)ccc21. The number of hydrogen-bond acceptors (Lipinski definition) is 3. The quantitative estimate of drug-likeness (QED) is 0.825. The summed E-state index contributed by atoms with van der Waals surface area (Å²) < 4.78 is 0. The average Bonchev–Trinajstić information content (AvgIpc) is 2.90. The second-order valence-corrected chi connectivity index (χ2v) is 5.66. The van der Waals surface area contributed by atoms with Crippen LogP contribution in [-0.4, -0.2) is 44.7 Å². The molecule has 0 aromatic heterocycles. The zero-order valence-electron chi connectivity index (χ0n) is 13.4. The van der Waals surface area contributed by atoms with Crippen LogP contribution in [0, 0.1) is 0 Å². The lowest BCUT2D eigenvalue weighted by atomic mass is 10.0. The number of benzene rings is 1. The Bertz CT molecular complexity index is 426. The fraction of sp³-hybridized carbons (Fsp3) is 0.647. The van der Waals surface area contributed by atoms with Crippen molar-refractivity contribution in [2.24, 2.45) is 0 Å². The second kappa shape index (κ2) is 7.09. The van der Waals surface area contributed by atoms with Crippen molar-refractivity contribution in [1.29, 1.82) is 0 Å². The molecule has 1 aromatic carbocycles. The number of nitrogens with zero attached hydrogens (tertiary/aromatic N) is 2. The number of likely N-dealkylation sites (N-methyl/N-ethyl adjacent to an activating group) is 1. The summed E-state index contributed by atoms with van der Waals surface area (Å²) in [6.45, 7) is 12.5. The normalized spacial score (nSPS) is 15.8. The number of hydrogen-bond donors (Lipinski definition) is 1. The third-order valence-electron chi connectivity index (χ3n) is 4.61. The monoisotopic (exact) mass is 275 g/mol. The molecule has 3 heteroatoms. The smallest absolute Gasteiger partial charge is 0.0400 e. The minimum Gasteiger partial charge on any atom is -0.370 e. The lowest BCUT2D eigenvalue weighted by Gasteiger charge is -2.25. The Morgan fingerprint density at radius 1 is 1.30 bits per heavy atom. The molecule has 0 saturated heterocycles. The van der Waals surface area contributed by atoms with Crippen LogP contribution in [0.4, 0.5) is 5.69 Å². The van der Waals surface area contributed by atoms with Gasteiger partial charge < -0.3 is 15.1 Å². The van der Waals surface area contributed by atoms with Crippen molar-refractivity contribution < 1.29 is 0 Å². The fourth-order valence-corrected chi connectivity index (χ4v) is 2.96. The van der Waals surface area contributed by atoms with Gasteiger partial charge in [0.25, 0.3) is 0 Å². The van der Waals surface area contributed by atoms with E-state index >= 15 is 0 Å². The Balaban J connectivity index is 2.02. The molecule has 1 N–H and O–H groups in total. The molecule has 0 amide bonds. The number of rotatable bonds is 7. The Morgan fingerprint density at radius 2 is 2.05 bits per heavy atom. The Kier molecular flexibility index (Phi) is 5.44. The summed E-state index contributed by atoms with van der Waals surface area (Å²) in [6.07, 6.45) is 1.19. The van der Waals surface area contributed by atoms with E-state index in [2.05, 4.69) is 54.1 Å². The highest BCUT2D eigenvalue weighted by Crippen LogP contribution is 2.30. The molecule has 0 spiro atoms. The van der Waals surface area contributed by atoms with Crippen LogP contribution < -0.4 is 10.2 Å². The maximum absolute atomic E-state index is 3.32. The predicted octanol–water partition coefficient (Wildman–Crippen LogP) is 2.67. The minimum absolute atomic E-state index is 0.435. The predicted molar refractivity (Wildman–Crippen MR) is 87.6 cm³/mol. The zero-order valence-corrected chi connectivity index (χ0v) is 13.4. The minimum atomic E-state index is 0.435. The van der Waals surface area contributed by atoms with E-state index in [-0.39, 0.29) is 0 Å². The van der Waals surface area contributed by atoms with Crippen molar-refractivity contribution in [2.45, 2.75) is 33.2 Å². The lowest BCUT2D eigenvalue weighted by Crippen LogP contribution is -2.34. The van der Waals surface area contributed by atoms with Gasteiger partial charge in [0.1, 0.15) is 0 Å². The summed E-state index contributed by atoms with van der Waals surface area (Å²) in [5.74, 6) is 0. The van der Waals surface area contributed by atoms with Crippen LogP contribution in [0.5, 0.6) is 0 Å². The molecule has 112 valence electrons. The molecule has 2 rings (SSSR count). The van der Waals surface area contributed by atoms with E-state index < -0.39 is 0 Å². The summed E-state index contributed by atoms with van der Waals surface area (Å²) >= 11 is 0. The molecule has 0 fully saturated rings. The molecule has 0 aliphatic carbocycles. The molecule has 0 saturated carbocycles. The van der Waals surface area contributed by atoms with Crippen LogP contribution in [0.25, 0.3) is 0 Å². The van der Waals surface area contributed by atoms with Crippen LogP contribution in [0.1, 0.15) is 37.9 Å². The zero-order chi connectivity index (χ0) is 14.5. The highest BCUT2D eigenvalue weighted by atomic mass is 15.2. The Morgan fingerprint density at radius 3 is 2.70 bits per heavy atom. The first-order chi connectivity index (χ1) is 9.69. The molecule has 0 bridgehead atoms. The van der Waals surface area contributed by atoms with Gasteiger partial charge >= 0.3 is 0 Å². The third-order valence-corrected chi connectivity index (χ3v) is 4.61. The summed E-state index contributed by atoms with van der Waals surface area (Å²) in [5, 5.41) is 3.32. The maximum atomic E-state index is 3.32. The Hall–Kier alpha value is -1.06. The van der Waals surface area contributed by atoms with E-state index in [0.717, 1.165) is 19.6 Å². The van der Waals surface area contributed by atoms with E-state index in [1.807, 2.05) is 7.05 Å². The van der Waals surface area contributed by atoms with Crippen LogP contribution in [0.3, 0.4) is 0 Å². The summed E-state index contributed by atoms with van der Waals surface area (Å²) in [4.78, 5) is 5.04. The van der Waals surface area contributed by atoms with Gasteiger partial charge in [-0.05, 0) is 50.7 Å². The molecule has 3 nitrogen and oxygen atoms in total. The summed E-state index contributed by atoms with van der Waals surface area (Å²) in [6, 6.07) is 7.40. The van der Waals surface area contributed by atoms with Gasteiger partial charge in [-0.1, -0.05) is 26.0 Å². The topological polar surface area (TPSA) is 18.5 Å². The van der Waals surface area contributed by atoms with Gasteiger partial charge in [0.2, 0.25) is 0 Å². The largest absolute Gasteiger partial charge is 0.370 e. The lowest BCUT2D eigenvalue weighted by molar-refractivity contribution is 0.310. The van der Waals surface area contributed by atoms with Crippen molar-refractivity contribution in [3.05, 3.63) is 29.3 Å². The van der Waals surface area contributed by atoms with Gasteiger partial charge in [-0.15, -0.1) is 0 Å². The van der Waals surface area contributed by atoms with Gasteiger partial charge in [-0.2, -0.15) is 0 Å². The highest BCUT2D eigenvalue weighted by Gasteiger charge is 2.20. The van der Waals surface area contributed by atoms with Crippen LogP contribution in [-0.2, 0) is 6.42 Å². The maximum Gasteiger partial charge on any atom is 0.0400 e. The molecule has 1 aliphatic heterocycles. The molecule has 1 aromatic rings. The van der Waals surface area contributed by atoms with Crippen molar-refractivity contribution in [3.8, 4) is 0 Å². The standard InChI is InChI=1S/C17H29N3/c1-5-19(6-2)11-12-20-10-9-16-13-15(14(3)18-4)7-8-17(16)20/h7-8,13-14,18H,5-6,9-12H2,1-4H3. The van der Waals surface area contributed by atoms with Crippen molar-refractivity contribution in [3.63, 3.8) is 0 Å². The molecule has 1 aliphatic rings. The number of anilines is 1. The molecule has 1 unspecified atom stereocenters. The third kappa shape index (κ3) is 3.33. The number of nitrogens with one attached hydrogen (secondary N) is 1. The van der Waals surface area contributed by atoms with Gasteiger partial charge in [0.15, 0.2) is 0 Å². The van der Waals surface area contributed by atoms with Crippen molar-refractivity contribution in [2.75, 3.05) is 44.7 Å².